The van der Waals surface area contributed by atoms with E-state index in [-0.39, 0.29) is 6.04 Å². The third-order valence-electron chi connectivity index (χ3n) is 1.30. The van der Waals surface area contributed by atoms with E-state index in [0.717, 1.165) is 0 Å². The molecule has 1 unspecified atom stereocenters. The van der Waals surface area contributed by atoms with Gasteiger partial charge in [0.05, 0.1) is 18.2 Å². The van der Waals surface area contributed by atoms with Crippen molar-refractivity contribution in [3.8, 4) is 12.1 Å². The van der Waals surface area contributed by atoms with Gasteiger partial charge in [-0.15, -0.1) is 0 Å². The van der Waals surface area contributed by atoms with E-state index >= 15 is 0 Å². The maximum atomic E-state index is 8.52. The van der Waals surface area contributed by atoms with Crippen LogP contribution in [0.25, 0.3) is 0 Å². The van der Waals surface area contributed by atoms with Crippen LogP contribution in [0.3, 0.4) is 0 Å². The second kappa shape index (κ2) is 4.78. The molecule has 54 valence electrons. The van der Waals surface area contributed by atoms with Crippen LogP contribution < -0.4 is 0 Å². The lowest BCUT2D eigenvalue weighted by Crippen LogP contribution is -2.25. The first-order valence-electron chi connectivity index (χ1n) is 3.15. The molecule has 0 spiro atoms. The molecule has 0 aliphatic carbocycles. The zero-order valence-corrected chi connectivity index (χ0v) is 6.33. The molecule has 0 rings (SSSR count). The summed E-state index contributed by atoms with van der Waals surface area (Å²) in [4.78, 5) is 1.82. The molecule has 0 aliphatic rings. The molecule has 0 N–H and O–H groups in total. The SMILES string of the molecule is CN(C)C(C#N)CCC#N. The van der Waals surface area contributed by atoms with Crippen molar-refractivity contribution in [2.75, 3.05) is 14.1 Å². The summed E-state index contributed by atoms with van der Waals surface area (Å²) in [6, 6.07) is 4.01. The van der Waals surface area contributed by atoms with Crippen LogP contribution in [-0.4, -0.2) is 25.0 Å². The third-order valence-corrected chi connectivity index (χ3v) is 1.30. The molecule has 0 heterocycles. The highest BCUT2D eigenvalue weighted by Gasteiger charge is 2.07. The van der Waals surface area contributed by atoms with Crippen molar-refractivity contribution in [2.45, 2.75) is 18.9 Å². The van der Waals surface area contributed by atoms with E-state index in [1.54, 1.807) is 0 Å². The van der Waals surface area contributed by atoms with Gasteiger partial charge < -0.3 is 0 Å². The molecule has 0 radical (unpaired) electrons. The van der Waals surface area contributed by atoms with E-state index in [4.69, 9.17) is 10.5 Å². The highest BCUT2D eigenvalue weighted by Crippen LogP contribution is 1.99. The lowest BCUT2D eigenvalue weighted by molar-refractivity contribution is 0.337. The Hall–Kier alpha value is -1.06. The predicted octanol–water partition coefficient (Wildman–Crippen LogP) is 0.744. The first-order chi connectivity index (χ1) is 4.72. The molecule has 0 aromatic heterocycles. The van der Waals surface area contributed by atoms with E-state index in [0.29, 0.717) is 12.8 Å². The molecular formula is C7H11N3. The average molecular weight is 137 g/mol. The van der Waals surface area contributed by atoms with Gasteiger partial charge in [-0.05, 0) is 20.5 Å². The van der Waals surface area contributed by atoms with Gasteiger partial charge in [-0.1, -0.05) is 0 Å². The maximum Gasteiger partial charge on any atom is 0.0982 e. The quantitative estimate of drug-likeness (QED) is 0.576. The molecule has 3 heteroatoms. The summed E-state index contributed by atoms with van der Waals surface area (Å²) < 4.78 is 0. The van der Waals surface area contributed by atoms with Crippen molar-refractivity contribution in [2.24, 2.45) is 0 Å². The molecule has 0 saturated heterocycles. The van der Waals surface area contributed by atoms with Crippen LogP contribution in [0.4, 0.5) is 0 Å². The third kappa shape index (κ3) is 3.06. The van der Waals surface area contributed by atoms with E-state index in [1.807, 2.05) is 25.1 Å². The molecule has 0 saturated carbocycles. The topological polar surface area (TPSA) is 50.8 Å². The minimum Gasteiger partial charge on any atom is -0.294 e. The summed E-state index contributed by atoms with van der Waals surface area (Å²) in [5, 5.41) is 16.7. The van der Waals surface area contributed by atoms with Crippen LogP contribution in [-0.2, 0) is 0 Å². The van der Waals surface area contributed by atoms with Crippen molar-refractivity contribution in [3.05, 3.63) is 0 Å². The summed E-state index contributed by atoms with van der Waals surface area (Å²) in [5.74, 6) is 0. The van der Waals surface area contributed by atoms with E-state index in [9.17, 15) is 0 Å². The van der Waals surface area contributed by atoms with Crippen molar-refractivity contribution >= 4 is 0 Å². The number of nitriles is 2. The van der Waals surface area contributed by atoms with Crippen LogP contribution in [0.15, 0.2) is 0 Å². The molecule has 0 fully saturated rings. The highest BCUT2D eigenvalue weighted by atomic mass is 15.1. The lowest BCUT2D eigenvalue weighted by atomic mass is 10.2. The number of rotatable bonds is 3. The van der Waals surface area contributed by atoms with Crippen LogP contribution in [0.2, 0.25) is 0 Å². The number of hydrogen-bond acceptors (Lipinski definition) is 3. The fraction of sp³-hybridized carbons (Fsp3) is 0.714. The van der Waals surface area contributed by atoms with Crippen LogP contribution >= 0.6 is 0 Å². The Balaban J connectivity index is 3.66. The number of hydrogen-bond donors (Lipinski definition) is 0. The van der Waals surface area contributed by atoms with Gasteiger partial charge in [0.2, 0.25) is 0 Å². The number of nitrogens with zero attached hydrogens (tertiary/aromatic N) is 3. The normalized spacial score (nSPS) is 12.1. The van der Waals surface area contributed by atoms with E-state index in [2.05, 4.69) is 6.07 Å². The van der Waals surface area contributed by atoms with Crippen LogP contribution in [0.1, 0.15) is 12.8 Å². The van der Waals surface area contributed by atoms with Crippen LogP contribution in [0.5, 0.6) is 0 Å². The second-order valence-corrected chi connectivity index (χ2v) is 2.31. The molecule has 0 aromatic rings. The fourth-order valence-corrected chi connectivity index (χ4v) is 0.639. The molecule has 1 atom stereocenters. The molecule has 0 bridgehead atoms. The monoisotopic (exact) mass is 137 g/mol. The summed E-state index contributed by atoms with van der Waals surface area (Å²) >= 11 is 0. The van der Waals surface area contributed by atoms with Crippen molar-refractivity contribution in [1.29, 1.82) is 10.5 Å². The minimum absolute atomic E-state index is 0.111. The fourth-order valence-electron chi connectivity index (χ4n) is 0.639. The molecule has 3 nitrogen and oxygen atoms in total. The summed E-state index contributed by atoms with van der Waals surface area (Å²) in [7, 11) is 3.68. The maximum absolute atomic E-state index is 8.52. The predicted molar refractivity (Wildman–Crippen MR) is 37.9 cm³/mol. The Bertz CT molecular complexity index is 161. The van der Waals surface area contributed by atoms with Crippen LogP contribution in [0, 0.1) is 22.7 Å². The first kappa shape index (κ1) is 8.94. The zero-order chi connectivity index (χ0) is 7.98. The largest absolute Gasteiger partial charge is 0.294 e. The Kier molecular flexibility index (Phi) is 4.28. The molecule has 10 heavy (non-hydrogen) atoms. The van der Waals surface area contributed by atoms with Crippen molar-refractivity contribution in [3.63, 3.8) is 0 Å². The smallest absolute Gasteiger partial charge is 0.0982 e. The minimum atomic E-state index is -0.111. The summed E-state index contributed by atoms with van der Waals surface area (Å²) in [5.41, 5.74) is 0. The average Bonchev–Trinajstić information content (AvgIpc) is 1.89. The van der Waals surface area contributed by atoms with E-state index in [1.165, 1.54) is 0 Å². The second-order valence-electron chi connectivity index (χ2n) is 2.31. The van der Waals surface area contributed by atoms with Gasteiger partial charge in [0.25, 0.3) is 0 Å². The zero-order valence-electron chi connectivity index (χ0n) is 6.33. The highest BCUT2D eigenvalue weighted by molar-refractivity contribution is 4.91. The Morgan fingerprint density at radius 2 is 2.00 bits per heavy atom. The van der Waals surface area contributed by atoms with Crippen molar-refractivity contribution in [1.82, 2.24) is 4.90 Å². The summed E-state index contributed by atoms with van der Waals surface area (Å²) in [6.45, 7) is 0. The van der Waals surface area contributed by atoms with Crippen molar-refractivity contribution < 1.29 is 0 Å². The van der Waals surface area contributed by atoms with Gasteiger partial charge in [0.15, 0.2) is 0 Å². The van der Waals surface area contributed by atoms with Gasteiger partial charge in [0.1, 0.15) is 0 Å². The van der Waals surface area contributed by atoms with E-state index < -0.39 is 0 Å². The summed E-state index contributed by atoms with van der Waals surface area (Å²) in [6.07, 6.45) is 1.09. The Labute approximate surface area is 61.5 Å². The van der Waals surface area contributed by atoms with Gasteiger partial charge in [0, 0.05) is 6.42 Å². The molecule has 0 amide bonds. The standard InChI is InChI=1S/C7H11N3/c1-10(2)7(6-9)4-3-5-8/h7H,3-4H2,1-2H3. The van der Waals surface area contributed by atoms with Gasteiger partial charge in [-0.2, -0.15) is 10.5 Å². The molecule has 0 aliphatic heterocycles. The Morgan fingerprint density at radius 3 is 2.30 bits per heavy atom. The Morgan fingerprint density at radius 1 is 1.40 bits per heavy atom. The first-order valence-corrected chi connectivity index (χ1v) is 3.15. The lowest BCUT2D eigenvalue weighted by Gasteiger charge is -2.14. The van der Waals surface area contributed by atoms with Gasteiger partial charge >= 0.3 is 0 Å². The molecule has 0 aromatic carbocycles. The molecular weight excluding hydrogens is 126 g/mol. The van der Waals surface area contributed by atoms with Gasteiger partial charge in [-0.25, -0.2) is 0 Å². The van der Waals surface area contributed by atoms with Gasteiger partial charge in [-0.3, -0.25) is 4.90 Å².